The van der Waals surface area contributed by atoms with Gasteiger partial charge in [-0.15, -0.1) is 0 Å². The Balaban J connectivity index is 1.50. The van der Waals surface area contributed by atoms with E-state index in [0.717, 1.165) is 0 Å². The van der Waals surface area contributed by atoms with Crippen molar-refractivity contribution in [2.45, 2.75) is 19.4 Å². The Morgan fingerprint density at radius 2 is 2.22 bits per heavy atom. The number of nitrogens with one attached hydrogen (secondary N) is 1. The van der Waals surface area contributed by atoms with Crippen LogP contribution in [0.15, 0.2) is 35.3 Å². The summed E-state index contributed by atoms with van der Waals surface area (Å²) in [5.41, 5.74) is 5.54. The highest BCUT2D eigenvalue weighted by Crippen LogP contribution is 2.31. The van der Waals surface area contributed by atoms with E-state index in [9.17, 15) is 9.59 Å². The zero-order valence-corrected chi connectivity index (χ0v) is 14.7. The highest BCUT2D eigenvalue weighted by molar-refractivity contribution is 5.92. The van der Waals surface area contributed by atoms with Crippen LogP contribution in [0.2, 0.25) is 0 Å². The first-order valence-corrected chi connectivity index (χ1v) is 8.53. The summed E-state index contributed by atoms with van der Waals surface area (Å²) in [6.07, 6.45) is 5.16. The summed E-state index contributed by atoms with van der Waals surface area (Å²) in [7, 11) is 0. The van der Waals surface area contributed by atoms with Crippen LogP contribution in [0.1, 0.15) is 33.9 Å². The number of H-pyrrole nitrogens is 1. The summed E-state index contributed by atoms with van der Waals surface area (Å²) in [6.45, 7) is 2.78. The van der Waals surface area contributed by atoms with Gasteiger partial charge in [0.05, 0.1) is 24.7 Å². The Labute approximate surface area is 154 Å². The maximum absolute atomic E-state index is 12.8. The summed E-state index contributed by atoms with van der Waals surface area (Å²) in [6, 6.07) is 3.39. The molecule has 0 radical (unpaired) electrons. The molecule has 0 unspecified atom stereocenters. The van der Waals surface area contributed by atoms with Crippen molar-refractivity contribution in [3.05, 3.63) is 54.0 Å². The molecule has 3 aromatic rings. The van der Waals surface area contributed by atoms with E-state index < -0.39 is 11.8 Å². The lowest BCUT2D eigenvalue weighted by atomic mass is 9.95. The number of rotatable bonds is 5. The molecule has 4 heterocycles. The van der Waals surface area contributed by atoms with Gasteiger partial charge in [0.25, 0.3) is 5.91 Å². The highest BCUT2D eigenvalue weighted by Gasteiger charge is 2.42. The van der Waals surface area contributed by atoms with E-state index in [1.54, 1.807) is 36.5 Å². The third-order valence-electron chi connectivity index (χ3n) is 4.69. The van der Waals surface area contributed by atoms with Crippen molar-refractivity contribution in [1.82, 2.24) is 29.6 Å². The Bertz CT molecular complexity index is 959. The van der Waals surface area contributed by atoms with Gasteiger partial charge < -0.3 is 19.6 Å². The molecule has 0 aliphatic carbocycles. The number of aryl methyl sites for hydroxylation is 1. The van der Waals surface area contributed by atoms with Crippen LogP contribution in [-0.2, 0) is 11.3 Å². The van der Waals surface area contributed by atoms with Crippen molar-refractivity contribution in [3.8, 4) is 0 Å². The molecule has 0 bridgehead atoms. The maximum atomic E-state index is 12.8. The van der Waals surface area contributed by atoms with Gasteiger partial charge in [0, 0.05) is 25.5 Å². The first-order chi connectivity index (χ1) is 13.0. The highest BCUT2D eigenvalue weighted by atomic mass is 16.4. The van der Waals surface area contributed by atoms with Gasteiger partial charge in [-0.05, 0) is 19.1 Å². The zero-order valence-electron chi connectivity index (χ0n) is 14.7. The number of carbonyl (C=O) groups excluding carboxylic acids is 2. The largest absolute Gasteiger partial charge is 0.454 e. The lowest BCUT2D eigenvalue weighted by Crippen LogP contribution is -2.31. The number of hydrogen-bond acceptors (Lipinski definition) is 6. The van der Waals surface area contributed by atoms with E-state index in [2.05, 4.69) is 20.2 Å². The topological polar surface area (TPSA) is 136 Å². The fourth-order valence-electron chi connectivity index (χ4n) is 3.34. The molecule has 0 aromatic carbocycles. The molecule has 2 atom stereocenters. The third kappa shape index (κ3) is 3.33. The number of carbonyl (C=O) groups is 2. The van der Waals surface area contributed by atoms with Crippen LogP contribution in [0.3, 0.4) is 0 Å². The second kappa shape index (κ2) is 6.71. The third-order valence-corrected chi connectivity index (χ3v) is 4.69. The second-order valence-electron chi connectivity index (χ2n) is 6.61. The molecular weight excluding hydrogens is 350 g/mol. The molecule has 2 amide bonds. The van der Waals surface area contributed by atoms with Crippen molar-refractivity contribution in [2.75, 3.05) is 13.1 Å². The van der Waals surface area contributed by atoms with Gasteiger partial charge in [-0.1, -0.05) is 0 Å². The molecule has 3 N–H and O–H groups in total. The average molecular weight is 369 g/mol. The number of likely N-dealkylation sites (tertiary alicyclic amines) is 1. The summed E-state index contributed by atoms with van der Waals surface area (Å²) >= 11 is 0. The quantitative estimate of drug-likeness (QED) is 0.663. The average Bonchev–Trinajstić information content (AvgIpc) is 3.41. The smallest absolute Gasteiger partial charge is 0.289 e. The van der Waals surface area contributed by atoms with E-state index in [0.29, 0.717) is 30.5 Å². The standard InChI is InChI=1S/C17H19N7O3/c1-10-20-16(22-21-10)13-8-24(7-12(13)15(18)25)17(26)14-3-2-11(27-14)6-23-5-4-19-9-23/h2-5,9,12-13H,6-8H2,1H3,(H2,18,25)(H,20,21,22)/t12-,13-/m1/s1. The maximum Gasteiger partial charge on any atom is 0.289 e. The van der Waals surface area contributed by atoms with Crippen LogP contribution in [-0.4, -0.2) is 54.5 Å². The van der Waals surface area contributed by atoms with Gasteiger partial charge in [-0.25, -0.2) is 9.97 Å². The van der Waals surface area contributed by atoms with Crippen molar-refractivity contribution < 1.29 is 14.0 Å². The number of nitrogens with two attached hydrogens (primary N) is 1. The number of hydrogen-bond donors (Lipinski definition) is 2. The van der Waals surface area contributed by atoms with E-state index in [1.165, 1.54) is 0 Å². The predicted octanol–water partition coefficient (Wildman–Crippen LogP) is 0.292. The monoisotopic (exact) mass is 369 g/mol. The fourth-order valence-corrected chi connectivity index (χ4v) is 3.34. The number of aromatic nitrogens is 5. The van der Waals surface area contributed by atoms with Gasteiger partial charge in [0.1, 0.15) is 11.6 Å². The number of aromatic amines is 1. The molecule has 1 fully saturated rings. The van der Waals surface area contributed by atoms with Crippen LogP contribution in [0.25, 0.3) is 0 Å². The van der Waals surface area contributed by atoms with Crippen LogP contribution in [0, 0.1) is 12.8 Å². The zero-order chi connectivity index (χ0) is 19.0. The van der Waals surface area contributed by atoms with Crippen molar-refractivity contribution in [2.24, 2.45) is 11.7 Å². The molecule has 3 aromatic heterocycles. The summed E-state index contributed by atoms with van der Waals surface area (Å²) in [4.78, 5) is 34.5. The van der Waals surface area contributed by atoms with Crippen molar-refractivity contribution in [1.29, 1.82) is 0 Å². The number of amides is 2. The predicted molar refractivity (Wildman–Crippen MR) is 92.5 cm³/mol. The summed E-state index contributed by atoms with van der Waals surface area (Å²) in [5.74, 6) is 0.371. The Kier molecular flexibility index (Phi) is 4.22. The van der Waals surface area contributed by atoms with E-state index >= 15 is 0 Å². The molecule has 1 saturated heterocycles. The minimum atomic E-state index is -0.537. The van der Waals surface area contributed by atoms with Gasteiger partial charge in [-0.2, -0.15) is 5.10 Å². The SMILES string of the molecule is Cc1nc([C@@H]2CN(C(=O)c3ccc(Cn4ccnc4)o3)C[C@H]2C(N)=O)n[nH]1. The van der Waals surface area contributed by atoms with Crippen molar-refractivity contribution in [3.63, 3.8) is 0 Å². The molecule has 140 valence electrons. The minimum absolute atomic E-state index is 0.212. The van der Waals surface area contributed by atoms with Crippen LogP contribution in [0.5, 0.6) is 0 Å². The van der Waals surface area contributed by atoms with Gasteiger partial charge in [0.15, 0.2) is 11.6 Å². The molecule has 1 aliphatic heterocycles. The number of furan rings is 1. The molecule has 10 heteroatoms. The number of nitrogens with zero attached hydrogens (tertiary/aromatic N) is 5. The molecular formula is C17H19N7O3. The normalized spacial score (nSPS) is 19.5. The van der Waals surface area contributed by atoms with Gasteiger partial charge in [0.2, 0.25) is 5.91 Å². The van der Waals surface area contributed by atoms with Gasteiger partial charge in [-0.3, -0.25) is 14.7 Å². The molecule has 1 aliphatic rings. The van der Waals surface area contributed by atoms with E-state index in [-0.39, 0.29) is 24.1 Å². The minimum Gasteiger partial charge on any atom is -0.454 e. The fraction of sp³-hybridized carbons (Fsp3) is 0.353. The summed E-state index contributed by atoms with van der Waals surface area (Å²) in [5, 5.41) is 6.89. The Morgan fingerprint density at radius 3 is 2.89 bits per heavy atom. The number of imidazole rings is 1. The summed E-state index contributed by atoms with van der Waals surface area (Å²) < 4.78 is 7.52. The lowest BCUT2D eigenvalue weighted by molar-refractivity contribution is -0.121. The molecule has 27 heavy (non-hydrogen) atoms. The van der Waals surface area contributed by atoms with Crippen LogP contribution in [0.4, 0.5) is 0 Å². The molecule has 0 saturated carbocycles. The van der Waals surface area contributed by atoms with Crippen LogP contribution >= 0.6 is 0 Å². The lowest BCUT2D eigenvalue weighted by Gasteiger charge is -2.14. The van der Waals surface area contributed by atoms with Crippen LogP contribution < -0.4 is 5.73 Å². The van der Waals surface area contributed by atoms with Crippen molar-refractivity contribution >= 4 is 11.8 Å². The van der Waals surface area contributed by atoms with E-state index in [4.69, 9.17) is 10.2 Å². The van der Waals surface area contributed by atoms with Gasteiger partial charge >= 0.3 is 0 Å². The molecule has 10 nitrogen and oxygen atoms in total. The molecule has 0 spiro atoms. The Hall–Kier alpha value is -3.43. The second-order valence-corrected chi connectivity index (χ2v) is 6.61. The Morgan fingerprint density at radius 1 is 1.37 bits per heavy atom. The number of primary amides is 1. The molecule has 4 rings (SSSR count). The van der Waals surface area contributed by atoms with E-state index in [1.807, 2.05) is 10.8 Å². The first kappa shape index (κ1) is 17.0. The first-order valence-electron chi connectivity index (χ1n) is 8.53.